The zero-order valence-electron chi connectivity index (χ0n) is 15.4. The number of benzene rings is 2. The fourth-order valence-corrected chi connectivity index (χ4v) is 2.96. The quantitative estimate of drug-likeness (QED) is 0.867. The number of carbonyl (C=O) groups excluding carboxylic acids is 1. The standard InChI is InChI=1S/C20H26N4O2/c1-23-10-12-24(13-11-23)18-8-6-17(7-9-18)22-20(25)21-15-16-4-3-5-19(14-16)26-2/h3-9,14H,10-13,15H2,1-2H3,(H2,21,22,25). The van der Waals surface area contributed by atoms with Gasteiger partial charge in [-0.25, -0.2) is 4.79 Å². The van der Waals surface area contributed by atoms with E-state index in [-0.39, 0.29) is 6.03 Å². The van der Waals surface area contributed by atoms with E-state index in [1.54, 1.807) is 7.11 Å². The lowest BCUT2D eigenvalue weighted by atomic mass is 10.2. The third kappa shape index (κ3) is 4.89. The van der Waals surface area contributed by atoms with Crippen LogP contribution in [0.5, 0.6) is 5.75 Å². The number of urea groups is 1. The molecule has 0 radical (unpaired) electrons. The van der Waals surface area contributed by atoms with Crippen LogP contribution in [0, 0.1) is 0 Å². The van der Waals surface area contributed by atoms with Crippen LogP contribution in [-0.4, -0.2) is 51.3 Å². The largest absolute Gasteiger partial charge is 0.497 e. The van der Waals surface area contributed by atoms with Crippen LogP contribution in [0.1, 0.15) is 5.56 Å². The van der Waals surface area contributed by atoms with Crippen molar-refractivity contribution in [2.24, 2.45) is 0 Å². The van der Waals surface area contributed by atoms with Crippen molar-refractivity contribution in [3.63, 3.8) is 0 Å². The summed E-state index contributed by atoms with van der Waals surface area (Å²) >= 11 is 0. The number of likely N-dealkylation sites (N-methyl/N-ethyl adjacent to an activating group) is 1. The van der Waals surface area contributed by atoms with Crippen LogP contribution in [0.25, 0.3) is 0 Å². The minimum atomic E-state index is -0.222. The second-order valence-electron chi connectivity index (χ2n) is 6.50. The maximum Gasteiger partial charge on any atom is 0.319 e. The molecule has 2 aromatic carbocycles. The molecule has 6 heteroatoms. The van der Waals surface area contributed by atoms with E-state index in [1.807, 2.05) is 36.4 Å². The molecule has 0 aromatic heterocycles. The minimum absolute atomic E-state index is 0.222. The smallest absolute Gasteiger partial charge is 0.319 e. The Bertz CT molecular complexity index is 725. The first-order valence-corrected chi connectivity index (χ1v) is 8.85. The van der Waals surface area contributed by atoms with Gasteiger partial charge in [0.05, 0.1) is 7.11 Å². The molecule has 0 saturated carbocycles. The highest BCUT2D eigenvalue weighted by molar-refractivity contribution is 5.89. The van der Waals surface area contributed by atoms with Crippen molar-refractivity contribution in [3.05, 3.63) is 54.1 Å². The summed E-state index contributed by atoms with van der Waals surface area (Å²) in [5.74, 6) is 0.782. The second kappa shape index (κ2) is 8.58. The molecule has 0 atom stereocenters. The van der Waals surface area contributed by atoms with Gasteiger partial charge in [0.25, 0.3) is 0 Å². The van der Waals surface area contributed by atoms with E-state index in [0.717, 1.165) is 43.2 Å². The number of anilines is 2. The van der Waals surface area contributed by atoms with Crippen LogP contribution < -0.4 is 20.3 Å². The first kappa shape index (κ1) is 18.1. The lowest BCUT2D eigenvalue weighted by molar-refractivity contribution is 0.251. The molecule has 1 heterocycles. The molecule has 26 heavy (non-hydrogen) atoms. The second-order valence-corrected chi connectivity index (χ2v) is 6.50. The fourth-order valence-electron chi connectivity index (χ4n) is 2.96. The lowest BCUT2D eigenvalue weighted by Crippen LogP contribution is -2.44. The predicted molar refractivity (Wildman–Crippen MR) is 105 cm³/mol. The van der Waals surface area contributed by atoms with Gasteiger partial charge in [0.1, 0.15) is 5.75 Å². The number of ether oxygens (including phenoxy) is 1. The zero-order valence-corrected chi connectivity index (χ0v) is 15.4. The van der Waals surface area contributed by atoms with E-state index >= 15 is 0 Å². The molecule has 3 rings (SSSR count). The Hall–Kier alpha value is -2.73. The Kier molecular flexibility index (Phi) is 5.96. The minimum Gasteiger partial charge on any atom is -0.497 e. The lowest BCUT2D eigenvalue weighted by Gasteiger charge is -2.34. The van der Waals surface area contributed by atoms with E-state index < -0.39 is 0 Å². The van der Waals surface area contributed by atoms with E-state index in [1.165, 1.54) is 5.69 Å². The number of piperazine rings is 1. The van der Waals surface area contributed by atoms with Gasteiger partial charge < -0.3 is 25.2 Å². The highest BCUT2D eigenvalue weighted by atomic mass is 16.5. The van der Waals surface area contributed by atoms with Gasteiger partial charge >= 0.3 is 6.03 Å². The van der Waals surface area contributed by atoms with E-state index in [0.29, 0.717) is 6.54 Å². The summed E-state index contributed by atoms with van der Waals surface area (Å²) in [6.45, 7) is 4.66. The van der Waals surface area contributed by atoms with E-state index in [9.17, 15) is 4.79 Å². The predicted octanol–water partition coefficient (Wildman–Crippen LogP) is 2.77. The Balaban J connectivity index is 1.49. The van der Waals surface area contributed by atoms with Crippen molar-refractivity contribution in [1.82, 2.24) is 10.2 Å². The van der Waals surface area contributed by atoms with Crippen molar-refractivity contribution in [1.29, 1.82) is 0 Å². The summed E-state index contributed by atoms with van der Waals surface area (Å²) < 4.78 is 5.19. The van der Waals surface area contributed by atoms with Crippen molar-refractivity contribution in [3.8, 4) is 5.75 Å². The number of hydrogen-bond acceptors (Lipinski definition) is 4. The molecule has 0 aliphatic carbocycles. The van der Waals surface area contributed by atoms with Gasteiger partial charge in [0.15, 0.2) is 0 Å². The zero-order chi connectivity index (χ0) is 18.4. The highest BCUT2D eigenvalue weighted by Gasteiger charge is 2.14. The van der Waals surface area contributed by atoms with Crippen LogP contribution >= 0.6 is 0 Å². The van der Waals surface area contributed by atoms with Gasteiger partial charge in [-0.05, 0) is 49.0 Å². The Labute approximate surface area is 154 Å². The molecule has 0 spiro atoms. The van der Waals surface area contributed by atoms with Gasteiger partial charge in [-0.2, -0.15) is 0 Å². The van der Waals surface area contributed by atoms with Crippen LogP contribution in [-0.2, 0) is 6.54 Å². The topological polar surface area (TPSA) is 56.8 Å². The third-order valence-electron chi connectivity index (χ3n) is 4.58. The van der Waals surface area contributed by atoms with E-state index in [2.05, 4.69) is 39.6 Å². The van der Waals surface area contributed by atoms with Crippen molar-refractivity contribution >= 4 is 17.4 Å². The normalized spacial score (nSPS) is 14.8. The van der Waals surface area contributed by atoms with Crippen LogP contribution in [0.4, 0.5) is 16.2 Å². The summed E-state index contributed by atoms with van der Waals surface area (Å²) in [5.41, 5.74) is 2.97. The average molecular weight is 354 g/mol. The SMILES string of the molecule is COc1cccc(CNC(=O)Nc2ccc(N3CCN(C)CC3)cc2)c1. The summed E-state index contributed by atoms with van der Waals surface area (Å²) in [5, 5.41) is 5.73. The van der Waals surface area contributed by atoms with Crippen molar-refractivity contribution < 1.29 is 9.53 Å². The molecule has 138 valence electrons. The summed E-state index contributed by atoms with van der Waals surface area (Å²) in [4.78, 5) is 16.8. The molecule has 0 bridgehead atoms. The van der Waals surface area contributed by atoms with Gasteiger partial charge in [0, 0.05) is 44.1 Å². The molecule has 1 aliphatic rings. The molecule has 0 unspecified atom stereocenters. The van der Waals surface area contributed by atoms with Crippen molar-refractivity contribution in [2.45, 2.75) is 6.54 Å². The molecule has 6 nitrogen and oxygen atoms in total. The maximum atomic E-state index is 12.1. The first-order valence-electron chi connectivity index (χ1n) is 8.85. The number of hydrogen-bond donors (Lipinski definition) is 2. The number of rotatable bonds is 5. The van der Waals surface area contributed by atoms with Crippen LogP contribution in [0.15, 0.2) is 48.5 Å². The number of nitrogens with zero attached hydrogens (tertiary/aromatic N) is 2. The summed E-state index contributed by atoms with van der Waals surface area (Å²) in [6, 6.07) is 15.4. The molecule has 1 saturated heterocycles. The number of nitrogens with one attached hydrogen (secondary N) is 2. The highest BCUT2D eigenvalue weighted by Crippen LogP contribution is 2.19. The Morgan fingerprint density at radius 2 is 1.81 bits per heavy atom. The van der Waals surface area contributed by atoms with Gasteiger partial charge in [-0.1, -0.05) is 12.1 Å². The van der Waals surface area contributed by atoms with Crippen molar-refractivity contribution in [2.75, 3.05) is 50.6 Å². The average Bonchev–Trinajstić information content (AvgIpc) is 2.68. The summed E-state index contributed by atoms with van der Waals surface area (Å²) in [6.07, 6.45) is 0. The van der Waals surface area contributed by atoms with Crippen LogP contribution in [0.3, 0.4) is 0 Å². The molecule has 1 fully saturated rings. The first-order chi connectivity index (χ1) is 12.6. The molecular formula is C20H26N4O2. The Morgan fingerprint density at radius 3 is 2.50 bits per heavy atom. The fraction of sp³-hybridized carbons (Fsp3) is 0.350. The Morgan fingerprint density at radius 1 is 1.08 bits per heavy atom. The monoisotopic (exact) mass is 354 g/mol. The number of methoxy groups -OCH3 is 1. The number of carbonyl (C=O) groups is 1. The van der Waals surface area contributed by atoms with Crippen LogP contribution in [0.2, 0.25) is 0 Å². The molecule has 1 aliphatic heterocycles. The maximum absolute atomic E-state index is 12.1. The number of amides is 2. The van der Waals surface area contributed by atoms with Gasteiger partial charge in [-0.3, -0.25) is 0 Å². The van der Waals surface area contributed by atoms with Gasteiger partial charge in [-0.15, -0.1) is 0 Å². The summed E-state index contributed by atoms with van der Waals surface area (Å²) in [7, 11) is 3.78. The molecule has 2 aromatic rings. The third-order valence-corrected chi connectivity index (χ3v) is 4.58. The molecule has 2 amide bonds. The van der Waals surface area contributed by atoms with E-state index in [4.69, 9.17) is 4.74 Å². The molecule has 2 N–H and O–H groups in total. The molecular weight excluding hydrogens is 328 g/mol. The van der Waals surface area contributed by atoms with Gasteiger partial charge in [0.2, 0.25) is 0 Å².